The van der Waals surface area contributed by atoms with Crippen molar-refractivity contribution in [3.05, 3.63) is 28.6 Å². The molecule has 1 heteroatoms. The highest BCUT2D eigenvalue weighted by Crippen LogP contribution is 2.34. The van der Waals surface area contributed by atoms with Crippen molar-refractivity contribution in [3.63, 3.8) is 0 Å². The average molecular weight is 161 g/mol. The molecule has 0 spiro atoms. The van der Waals surface area contributed by atoms with Crippen LogP contribution in [0.4, 0.5) is 0 Å². The van der Waals surface area contributed by atoms with Crippen molar-refractivity contribution in [2.45, 2.75) is 39.5 Å². The van der Waals surface area contributed by atoms with Gasteiger partial charge >= 0.3 is 0 Å². The maximum absolute atomic E-state index is 4.47. The Morgan fingerprint density at radius 3 is 2.92 bits per heavy atom. The quantitative estimate of drug-likeness (QED) is 0.570. The Bertz CT molecular complexity index is 315. The second kappa shape index (κ2) is 2.58. The molecule has 0 radical (unpaired) electrons. The van der Waals surface area contributed by atoms with E-state index in [4.69, 9.17) is 0 Å². The van der Waals surface area contributed by atoms with Gasteiger partial charge in [-0.25, -0.2) is 0 Å². The molecule has 1 nitrogen and oxygen atoms in total. The fraction of sp³-hybridized carbons (Fsp3) is 0.545. The van der Waals surface area contributed by atoms with E-state index in [0.29, 0.717) is 0 Å². The van der Waals surface area contributed by atoms with E-state index in [0.717, 1.165) is 5.92 Å². The molecule has 1 unspecified atom stereocenters. The van der Waals surface area contributed by atoms with Crippen LogP contribution in [0.2, 0.25) is 0 Å². The predicted octanol–water partition coefficient (Wildman–Crippen LogP) is 2.75. The second-order valence-corrected chi connectivity index (χ2v) is 3.87. The third-order valence-corrected chi connectivity index (χ3v) is 3.03. The van der Waals surface area contributed by atoms with Crippen LogP contribution < -0.4 is 0 Å². The van der Waals surface area contributed by atoms with Crippen molar-refractivity contribution < 1.29 is 0 Å². The molecule has 1 aliphatic rings. The highest BCUT2D eigenvalue weighted by molar-refractivity contribution is 5.40. The first-order valence-corrected chi connectivity index (χ1v) is 4.65. The lowest BCUT2D eigenvalue weighted by Gasteiger charge is -2.09. The van der Waals surface area contributed by atoms with Gasteiger partial charge in [-0.3, -0.25) is 4.98 Å². The second-order valence-electron chi connectivity index (χ2n) is 3.87. The van der Waals surface area contributed by atoms with E-state index in [1.165, 1.54) is 35.2 Å². The molecule has 0 N–H and O–H groups in total. The maximum atomic E-state index is 4.47. The number of hydrogen-bond donors (Lipinski definition) is 0. The van der Waals surface area contributed by atoms with Crippen LogP contribution in [-0.4, -0.2) is 4.98 Å². The lowest BCUT2D eigenvalue weighted by molar-refractivity contribution is 0.742. The summed E-state index contributed by atoms with van der Waals surface area (Å²) in [7, 11) is 0. The van der Waals surface area contributed by atoms with Crippen molar-refractivity contribution in [1.82, 2.24) is 4.98 Å². The van der Waals surface area contributed by atoms with Crippen LogP contribution in [0.3, 0.4) is 0 Å². The third kappa shape index (κ3) is 0.961. The van der Waals surface area contributed by atoms with Crippen LogP contribution in [0.25, 0.3) is 0 Å². The minimum atomic E-state index is 0.729. The zero-order chi connectivity index (χ0) is 8.72. The van der Waals surface area contributed by atoms with Crippen LogP contribution in [-0.2, 0) is 6.42 Å². The summed E-state index contributed by atoms with van der Waals surface area (Å²) in [4.78, 5) is 4.47. The number of rotatable bonds is 0. The summed E-state index contributed by atoms with van der Waals surface area (Å²) in [6, 6.07) is 0. The van der Waals surface area contributed by atoms with Crippen LogP contribution in [0.5, 0.6) is 0 Å². The third-order valence-electron chi connectivity index (χ3n) is 3.03. The number of pyridine rings is 1. The zero-order valence-corrected chi connectivity index (χ0v) is 8.02. The highest BCUT2D eigenvalue weighted by atomic mass is 14.7. The summed E-state index contributed by atoms with van der Waals surface area (Å²) in [6.07, 6.45) is 4.47. The van der Waals surface area contributed by atoms with E-state index in [9.17, 15) is 0 Å². The minimum Gasteiger partial charge on any atom is -0.261 e. The van der Waals surface area contributed by atoms with Gasteiger partial charge in [0, 0.05) is 11.9 Å². The molecule has 1 aromatic heterocycles. The summed E-state index contributed by atoms with van der Waals surface area (Å²) in [5.41, 5.74) is 5.66. The Labute approximate surface area is 73.8 Å². The van der Waals surface area contributed by atoms with Crippen molar-refractivity contribution in [1.29, 1.82) is 0 Å². The summed E-state index contributed by atoms with van der Waals surface area (Å²) in [6.45, 7) is 6.67. The van der Waals surface area contributed by atoms with E-state index >= 15 is 0 Å². The molecule has 1 aromatic rings. The largest absolute Gasteiger partial charge is 0.261 e. The lowest BCUT2D eigenvalue weighted by atomic mass is 9.98. The SMILES string of the molecule is Cc1cnc2c(c1C)C(C)CC2. The number of aromatic nitrogens is 1. The van der Waals surface area contributed by atoms with Gasteiger partial charge in [-0.1, -0.05) is 6.92 Å². The van der Waals surface area contributed by atoms with Gasteiger partial charge in [0.25, 0.3) is 0 Å². The van der Waals surface area contributed by atoms with E-state index < -0.39 is 0 Å². The predicted molar refractivity (Wildman–Crippen MR) is 50.4 cm³/mol. The smallest absolute Gasteiger partial charge is 0.0441 e. The molecule has 0 aliphatic heterocycles. The molecule has 0 fully saturated rings. The van der Waals surface area contributed by atoms with Crippen molar-refractivity contribution >= 4 is 0 Å². The Hall–Kier alpha value is -0.850. The van der Waals surface area contributed by atoms with Crippen LogP contribution in [0, 0.1) is 13.8 Å². The average Bonchev–Trinajstić information content (AvgIpc) is 2.41. The van der Waals surface area contributed by atoms with Gasteiger partial charge in [0.05, 0.1) is 0 Å². The fourth-order valence-electron chi connectivity index (χ4n) is 2.12. The molecule has 0 saturated heterocycles. The van der Waals surface area contributed by atoms with Gasteiger partial charge in [0.15, 0.2) is 0 Å². The molecule has 0 saturated carbocycles. The summed E-state index contributed by atoms with van der Waals surface area (Å²) < 4.78 is 0. The Morgan fingerprint density at radius 1 is 1.42 bits per heavy atom. The highest BCUT2D eigenvalue weighted by Gasteiger charge is 2.21. The van der Waals surface area contributed by atoms with Gasteiger partial charge in [0.2, 0.25) is 0 Å². The van der Waals surface area contributed by atoms with E-state index in [1.807, 2.05) is 6.20 Å². The fourth-order valence-corrected chi connectivity index (χ4v) is 2.12. The van der Waals surface area contributed by atoms with Crippen LogP contribution in [0.15, 0.2) is 6.20 Å². The van der Waals surface area contributed by atoms with Gasteiger partial charge in [-0.2, -0.15) is 0 Å². The summed E-state index contributed by atoms with van der Waals surface area (Å²) >= 11 is 0. The molecule has 0 amide bonds. The standard InChI is InChI=1S/C11H15N/c1-7-4-5-10-11(7)9(3)8(2)6-12-10/h6-7H,4-5H2,1-3H3. The molecule has 1 atom stereocenters. The molecule has 2 rings (SSSR count). The van der Waals surface area contributed by atoms with Crippen molar-refractivity contribution in [2.24, 2.45) is 0 Å². The van der Waals surface area contributed by atoms with Crippen molar-refractivity contribution in [2.75, 3.05) is 0 Å². The van der Waals surface area contributed by atoms with E-state index in [1.54, 1.807) is 0 Å². The molecular formula is C11H15N. The number of nitrogens with zero attached hydrogens (tertiary/aromatic N) is 1. The van der Waals surface area contributed by atoms with Crippen LogP contribution >= 0.6 is 0 Å². The monoisotopic (exact) mass is 161 g/mol. The Balaban J connectivity index is 2.63. The van der Waals surface area contributed by atoms with E-state index in [2.05, 4.69) is 25.8 Å². The van der Waals surface area contributed by atoms with Crippen LogP contribution in [0.1, 0.15) is 41.6 Å². The Morgan fingerprint density at radius 2 is 2.17 bits per heavy atom. The number of hydrogen-bond acceptors (Lipinski definition) is 1. The summed E-state index contributed by atoms with van der Waals surface area (Å²) in [5.74, 6) is 0.729. The minimum absolute atomic E-state index is 0.729. The molecule has 12 heavy (non-hydrogen) atoms. The van der Waals surface area contributed by atoms with Gasteiger partial charge in [-0.15, -0.1) is 0 Å². The zero-order valence-electron chi connectivity index (χ0n) is 8.02. The van der Waals surface area contributed by atoms with Gasteiger partial charge in [-0.05, 0) is 49.3 Å². The lowest BCUT2D eigenvalue weighted by Crippen LogP contribution is -1.96. The van der Waals surface area contributed by atoms with Gasteiger partial charge < -0.3 is 0 Å². The number of aryl methyl sites for hydroxylation is 2. The van der Waals surface area contributed by atoms with E-state index in [-0.39, 0.29) is 0 Å². The normalized spacial score (nSPS) is 21.1. The van der Waals surface area contributed by atoms with Crippen molar-refractivity contribution in [3.8, 4) is 0 Å². The van der Waals surface area contributed by atoms with Gasteiger partial charge in [0.1, 0.15) is 0 Å². The molecule has 0 bridgehead atoms. The first-order valence-electron chi connectivity index (χ1n) is 4.65. The molecule has 1 heterocycles. The molecular weight excluding hydrogens is 146 g/mol. The molecule has 64 valence electrons. The molecule has 0 aromatic carbocycles. The molecule has 1 aliphatic carbocycles. The summed E-state index contributed by atoms with van der Waals surface area (Å²) in [5, 5.41) is 0. The number of fused-ring (bicyclic) bond motifs is 1. The first kappa shape index (κ1) is 7.78. The maximum Gasteiger partial charge on any atom is 0.0441 e. The Kier molecular flexibility index (Phi) is 1.67. The first-order chi connectivity index (χ1) is 5.70. The topological polar surface area (TPSA) is 12.9 Å².